The summed E-state index contributed by atoms with van der Waals surface area (Å²) >= 11 is 0. The number of rotatable bonds is 2. The van der Waals surface area contributed by atoms with Gasteiger partial charge in [0.25, 0.3) is 5.91 Å². The Labute approximate surface area is 103 Å². The molecule has 1 amide bonds. The summed E-state index contributed by atoms with van der Waals surface area (Å²) in [5.74, 6) is -1.39. The highest BCUT2D eigenvalue weighted by Crippen LogP contribution is 2.11. The second-order valence-corrected chi connectivity index (χ2v) is 3.49. The summed E-state index contributed by atoms with van der Waals surface area (Å²) < 4.78 is 13.2. The Kier molecular flexibility index (Phi) is 3.30. The third kappa shape index (κ3) is 2.50. The number of nitriles is 1. The van der Waals surface area contributed by atoms with Crippen molar-refractivity contribution in [2.75, 3.05) is 5.32 Å². The van der Waals surface area contributed by atoms with Crippen LogP contribution in [0.15, 0.2) is 42.6 Å². The number of amides is 1. The molecule has 18 heavy (non-hydrogen) atoms. The average Bonchev–Trinajstić information content (AvgIpc) is 2.40. The lowest BCUT2D eigenvalue weighted by Gasteiger charge is -2.05. The van der Waals surface area contributed by atoms with Gasteiger partial charge < -0.3 is 5.32 Å². The number of benzene rings is 1. The Hall–Kier alpha value is -2.74. The number of nitrogens with one attached hydrogen (secondary N) is 1. The van der Waals surface area contributed by atoms with E-state index in [4.69, 9.17) is 5.26 Å². The maximum absolute atomic E-state index is 13.2. The first-order valence-electron chi connectivity index (χ1n) is 5.13. The molecule has 0 saturated carbocycles. The minimum absolute atomic E-state index is 0.123. The van der Waals surface area contributed by atoms with Crippen molar-refractivity contribution in [2.24, 2.45) is 0 Å². The molecule has 5 heteroatoms. The van der Waals surface area contributed by atoms with E-state index in [1.165, 1.54) is 18.3 Å². The van der Waals surface area contributed by atoms with Crippen LogP contribution in [0, 0.1) is 17.3 Å². The second-order valence-electron chi connectivity index (χ2n) is 3.49. The molecular weight excluding hydrogens is 233 g/mol. The molecule has 0 aliphatic rings. The average molecular weight is 241 g/mol. The Morgan fingerprint density at radius 1 is 1.28 bits per heavy atom. The van der Waals surface area contributed by atoms with Crippen LogP contribution in [0.5, 0.6) is 0 Å². The molecule has 2 aromatic rings. The van der Waals surface area contributed by atoms with E-state index in [9.17, 15) is 9.18 Å². The lowest BCUT2D eigenvalue weighted by atomic mass is 10.2. The Morgan fingerprint density at radius 3 is 2.61 bits per heavy atom. The molecule has 0 bridgehead atoms. The maximum atomic E-state index is 13.2. The van der Waals surface area contributed by atoms with Gasteiger partial charge in [-0.3, -0.25) is 4.79 Å². The zero-order valence-corrected chi connectivity index (χ0v) is 9.22. The van der Waals surface area contributed by atoms with Crippen LogP contribution in [0.4, 0.5) is 10.1 Å². The fraction of sp³-hybridized carbons (Fsp3) is 0. The van der Waals surface area contributed by atoms with E-state index in [1.807, 2.05) is 6.07 Å². The van der Waals surface area contributed by atoms with E-state index in [1.54, 1.807) is 24.3 Å². The van der Waals surface area contributed by atoms with Crippen molar-refractivity contribution in [3.63, 3.8) is 0 Å². The molecular formula is C13H8FN3O. The van der Waals surface area contributed by atoms with Crippen molar-refractivity contribution in [2.45, 2.75) is 0 Å². The molecule has 1 aromatic carbocycles. The van der Waals surface area contributed by atoms with E-state index in [2.05, 4.69) is 10.3 Å². The van der Waals surface area contributed by atoms with E-state index in [0.717, 1.165) is 0 Å². The third-order valence-corrected chi connectivity index (χ3v) is 2.28. The van der Waals surface area contributed by atoms with Gasteiger partial charge in [-0.1, -0.05) is 0 Å². The molecule has 0 atom stereocenters. The Bertz CT molecular complexity index is 617. The standard InChI is InChI=1S/C13H8FN3O/c14-12-11(2-1-7-16-12)13(18)17-10-5-3-9(8-15)4-6-10/h1-7H,(H,17,18). The molecule has 1 N–H and O–H groups in total. The normalized spacial score (nSPS) is 9.56. The highest BCUT2D eigenvalue weighted by molar-refractivity contribution is 6.04. The van der Waals surface area contributed by atoms with E-state index in [-0.39, 0.29) is 5.56 Å². The molecule has 4 nitrogen and oxygen atoms in total. The van der Waals surface area contributed by atoms with Crippen molar-refractivity contribution < 1.29 is 9.18 Å². The van der Waals surface area contributed by atoms with Crippen LogP contribution in [0.3, 0.4) is 0 Å². The third-order valence-electron chi connectivity index (χ3n) is 2.28. The van der Waals surface area contributed by atoms with Crippen LogP contribution in [-0.2, 0) is 0 Å². The first-order chi connectivity index (χ1) is 8.70. The molecule has 1 aromatic heterocycles. The van der Waals surface area contributed by atoms with Gasteiger partial charge >= 0.3 is 0 Å². The fourth-order valence-electron chi connectivity index (χ4n) is 1.38. The maximum Gasteiger partial charge on any atom is 0.260 e. The molecule has 1 heterocycles. The van der Waals surface area contributed by atoms with Gasteiger partial charge in [0, 0.05) is 11.9 Å². The lowest BCUT2D eigenvalue weighted by Crippen LogP contribution is -2.14. The second kappa shape index (κ2) is 5.06. The molecule has 0 spiro atoms. The summed E-state index contributed by atoms with van der Waals surface area (Å²) in [6.07, 6.45) is 1.27. The molecule has 88 valence electrons. The van der Waals surface area contributed by atoms with Gasteiger partial charge in [0.15, 0.2) is 0 Å². The van der Waals surface area contributed by atoms with Gasteiger partial charge in [-0.25, -0.2) is 4.98 Å². The number of aromatic nitrogens is 1. The largest absolute Gasteiger partial charge is 0.322 e. The zero-order valence-electron chi connectivity index (χ0n) is 9.22. The number of pyridine rings is 1. The SMILES string of the molecule is N#Cc1ccc(NC(=O)c2cccnc2F)cc1. The number of hydrogen-bond acceptors (Lipinski definition) is 3. The van der Waals surface area contributed by atoms with Crippen molar-refractivity contribution in [1.82, 2.24) is 4.98 Å². The van der Waals surface area contributed by atoms with E-state index < -0.39 is 11.9 Å². The fourth-order valence-corrected chi connectivity index (χ4v) is 1.38. The highest BCUT2D eigenvalue weighted by atomic mass is 19.1. The summed E-state index contributed by atoms with van der Waals surface area (Å²) in [6.45, 7) is 0. The number of halogens is 1. The summed E-state index contributed by atoms with van der Waals surface area (Å²) in [7, 11) is 0. The minimum atomic E-state index is -0.816. The molecule has 0 aliphatic carbocycles. The smallest absolute Gasteiger partial charge is 0.260 e. The van der Waals surface area contributed by atoms with Gasteiger partial charge in [0.2, 0.25) is 5.95 Å². The van der Waals surface area contributed by atoms with Crippen molar-refractivity contribution in [3.8, 4) is 6.07 Å². The van der Waals surface area contributed by atoms with Crippen LogP contribution in [0.25, 0.3) is 0 Å². The van der Waals surface area contributed by atoms with E-state index >= 15 is 0 Å². The summed E-state index contributed by atoms with van der Waals surface area (Å²) in [5.41, 5.74) is 0.852. The quantitative estimate of drug-likeness (QED) is 0.820. The predicted molar refractivity (Wildman–Crippen MR) is 63.3 cm³/mol. The van der Waals surface area contributed by atoms with Gasteiger partial charge in [-0.15, -0.1) is 0 Å². The molecule has 2 rings (SSSR count). The predicted octanol–water partition coefficient (Wildman–Crippen LogP) is 2.34. The van der Waals surface area contributed by atoms with Crippen molar-refractivity contribution >= 4 is 11.6 Å². The van der Waals surface area contributed by atoms with Crippen molar-refractivity contribution in [1.29, 1.82) is 5.26 Å². The molecule has 0 saturated heterocycles. The Balaban J connectivity index is 2.17. The van der Waals surface area contributed by atoms with Gasteiger partial charge in [0.05, 0.1) is 17.2 Å². The molecule has 0 aliphatic heterocycles. The first-order valence-corrected chi connectivity index (χ1v) is 5.13. The van der Waals surface area contributed by atoms with Crippen LogP contribution in [0.1, 0.15) is 15.9 Å². The first kappa shape index (κ1) is 11.7. The number of anilines is 1. The van der Waals surface area contributed by atoms with E-state index in [0.29, 0.717) is 11.3 Å². The zero-order chi connectivity index (χ0) is 13.0. The number of carbonyl (C=O) groups is 1. The van der Waals surface area contributed by atoms with Crippen LogP contribution in [0.2, 0.25) is 0 Å². The van der Waals surface area contributed by atoms with Gasteiger partial charge in [-0.05, 0) is 36.4 Å². The summed E-state index contributed by atoms with van der Waals surface area (Å²) in [5, 5.41) is 11.2. The highest BCUT2D eigenvalue weighted by Gasteiger charge is 2.11. The number of carbonyl (C=O) groups excluding carboxylic acids is 1. The minimum Gasteiger partial charge on any atom is -0.322 e. The van der Waals surface area contributed by atoms with Crippen molar-refractivity contribution in [3.05, 3.63) is 59.7 Å². The molecule has 0 radical (unpaired) electrons. The topological polar surface area (TPSA) is 65.8 Å². The monoisotopic (exact) mass is 241 g/mol. The van der Waals surface area contributed by atoms with Crippen LogP contribution >= 0.6 is 0 Å². The van der Waals surface area contributed by atoms with Gasteiger partial charge in [0.1, 0.15) is 0 Å². The number of hydrogen-bond donors (Lipinski definition) is 1. The summed E-state index contributed by atoms with van der Waals surface area (Å²) in [4.78, 5) is 15.1. The Morgan fingerprint density at radius 2 is 2.00 bits per heavy atom. The summed E-state index contributed by atoms with van der Waals surface area (Å²) in [6, 6.07) is 11.1. The molecule has 0 unspecified atom stereocenters. The van der Waals surface area contributed by atoms with Crippen LogP contribution < -0.4 is 5.32 Å². The van der Waals surface area contributed by atoms with Gasteiger partial charge in [-0.2, -0.15) is 9.65 Å². The lowest BCUT2D eigenvalue weighted by molar-refractivity contribution is 0.102. The van der Waals surface area contributed by atoms with Crippen LogP contribution in [-0.4, -0.2) is 10.9 Å². The number of nitrogens with zero attached hydrogens (tertiary/aromatic N) is 2. The molecule has 0 fully saturated rings.